The van der Waals surface area contributed by atoms with Crippen molar-refractivity contribution in [2.45, 2.75) is 19.8 Å². The van der Waals surface area contributed by atoms with E-state index in [1.807, 2.05) is 31.2 Å². The third-order valence-corrected chi connectivity index (χ3v) is 5.05. The summed E-state index contributed by atoms with van der Waals surface area (Å²) >= 11 is 0. The molecule has 2 aromatic carbocycles. The Labute approximate surface area is 173 Å². The van der Waals surface area contributed by atoms with Crippen LogP contribution in [0.4, 0.5) is 11.4 Å². The third-order valence-electron chi connectivity index (χ3n) is 5.05. The second-order valence-corrected chi connectivity index (χ2v) is 7.02. The highest BCUT2D eigenvalue weighted by Crippen LogP contribution is 2.28. The summed E-state index contributed by atoms with van der Waals surface area (Å²) in [5, 5.41) is 10.9. The number of anilines is 2. The Morgan fingerprint density at radius 1 is 1.17 bits per heavy atom. The molecule has 1 aromatic heterocycles. The first-order valence-electron chi connectivity index (χ1n) is 9.75. The molecule has 3 aromatic rings. The highest BCUT2D eigenvalue weighted by atomic mass is 16.5. The molecular formula is C22H22N4O4. The quantitative estimate of drug-likeness (QED) is 0.675. The van der Waals surface area contributed by atoms with Gasteiger partial charge < -0.3 is 19.4 Å². The number of aromatic nitrogens is 2. The number of carbonyl (C=O) groups is 2. The fraction of sp³-hybridized carbons (Fsp3) is 0.273. The first kappa shape index (κ1) is 19.6. The molecule has 1 N–H and O–H groups in total. The van der Waals surface area contributed by atoms with Gasteiger partial charge in [-0.3, -0.25) is 9.59 Å². The molecule has 0 bridgehead atoms. The van der Waals surface area contributed by atoms with Crippen LogP contribution in [0.1, 0.15) is 19.2 Å². The first-order valence-corrected chi connectivity index (χ1v) is 9.75. The molecule has 1 fully saturated rings. The molecule has 0 radical (unpaired) electrons. The minimum absolute atomic E-state index is 0.0706. The Hall–Kier alpha value is -3.68. The SMILES string of the molecule is CCc1nnc(-c2ccc(NC(=O)[C@H]3CC(=O)N(c4ccc(OC)cc4)C3)cc2)o1. The van der Waals surface area contributed by atoms with Gasteiger partial charge in [0.15, 0.2) is 0 Å². The van der Waals surface area contributed by atoms with E-state index >= 15 is 0 Å². The average Bonchev–Trinajstić information content (AvgIpc) is 3.41. The van der Waals surface area contributed by atoms with Crippen LogP contribution < -0.4 is 15.0 Å². The van der Waals surface area contributed by atoms with E-state index in [2.05, 4.69) is 15.5 Å². The topological polar surface area (TPSA) is 97.6 Å². The van der Waals surface area contributed by atoms with Gasteiger partial charge in [0.2, 0.25) is 23.6 Å². The van der Waals surface area contributed by atoms with Crippen LogP contribution in [0.3, 0.4) is 0 Å². The van der Waals surface area contributed by atoms with Gasteiger partial charge >= 0.3 is 0 Å². The summed E-state index contributed by atoms with van der Waals surface area (Å²) in [6.07, 6.45) is 0.854. The maximum absolute atomic E-state index is 12.7. The number of nitrogens with one attached hydrogen (secondary N) is 1. The Bertz CT molecular complexity index is 1040. The number of amides is 2. The lowest BCUT2D eigenvalue weighted by molar-refractivity contribution is -0.122. The van der Waals surface area contributed by atoms with Crippen LogP contribution in [0.2, 0.25) is 0 Å². The highest BCUT2D eigenvalue weighted by molar-refractivity contribution is 6.03. The van der Waals surface area contributed by atoms with Gasteiger partial charge in [0.1, 0.15) is 5.75 Å². The van der Waals surface area contributed by atoms with Crippen molar-refractivity contribution in [1.82, 2.24) is 10.2 Å². The molecule has 1 saturated heterocycles. The fourth-order valence-electron chi connectivity index (χ4n) is 3.35. The van der Waals surface area contributed by atoms with Crippen LogP contribution in [0.25, 0.3) is 11.5 Å². The van der Waals surface area contributed by atoms with Crippen LogP contribution in [0.15, 0.2) is 52.9 Å². The lowest BCUT2D eigenvalue weighted by atomic mass is 10.1. The van der Waals surface area contributed by atoms with Gasteiger partial charge in [-0.25, -0.2) is 0 Å². The van der Waals surface area contributed by atoms with Crippen molar-refractivity contribution < 1.29 is 18.7 Å². The number of hydrogen-bond acceptors (Lipinski definition) is 6. The monoisotopic (exact) mass is 406 g/mol. The Kier molecular flexibility index (Phi) is 5.47. The van der Waals surface area contributed by atoms with Crippen LogP contribution in [-0.2, 0) is 16.0 Å². The Morgan fingerprint density at radius 3 is 2.53 bits per heavy atom. The zero-order chi connectivity index (χ0) is 21.1. The summed E-state index contributed by atoms with van der Waals surface area (Å²) in [4.78, 5) is 26.7. The molecule has 4 rings (SSSR count). The van der Waals surface area contributed by atoms with E-state index in [4.69, 9.17) is 9.15 Å². The molecular weight excluding hydrogens is 384 g/mol. The average molecular weight is 406 g/mol. The van der Waals surface area contributed by atoms with E-state index in [9.17, 15) is 9.59 Å². The van der Waals surface area contributed by atoms with Crippen molar-refractivity contribution in [3.8, 4) is 17.2 Å². The lowest BCUT2D eigenvalue weighted by Gasteiger charge is -2.17. The second kappa shape index (κ2) is 8.36. The summed E-state index contributed by atoms with van der Waals surface area (Å²) in [6, 6.07) is 14.4. The molecule has 8 heteroatoms. The minimum atomic E-state index is -0.415. The van der Waals surface area contributed by atoms with Gasteiger partial charge in [-0.2, -0.15) is 0 Å². The van der Waals surface area contributed by atoms with E-state index in [1.54, 1.807) is 36.3 Å². The number of nitrogens with zero attached hydrogens (tertiary/aromatic N) is 3. The molecule has 8 nitrogen and oxygen atoms in total. The Balaban J connectivity index is 1.39. The number of benzene rings is 2. The number of ether oxygens (including phenoxy) is 1. The van der Waals surface area contributed by atoms with Crippen molar-refractivity contribution in [3.05, 3.63) is 54.4 Å². The number of rotatable bonds is 6. The van der Waals surface area contributed by atoms with Crippen molar-refractivity contribution in [3.63, 3.8) is 0 Å². The number of methoxy groups -OCH3 is 1. The minimum Gasteiger partial charge on any atom is -0.497 e. The number of hydrogen-bond donors (Lipinski definition) is 1. The van der Waals surface area contributed by atoms with Gasteiger partial charge in [0.25, 0.3) is 0 Å². The number of aryl methyl sites for hydroxylation is 1. The molecule has 1 atom stereocenters. The molecule has 0 saturated carbocycles. The largest absolute Gasteiger partial charge is 0.497 e. The summed E-state index contributed by atoms with van der Waals surface area (Å²) in [6.45, 7) is 2.29. The molecule has 2 amide bonds. The smallest absolute Gasteiger partial charge is 0.247 e. The zero-order valence-electron chi connectivity index (χ0n) is 16.8. The molecule has 1 aliphatic rings. The van der Waals surface area contributed by atoms with E-state index in [1.165, 1.54) is 0 Å². The molecule has 154 valence electrons. The van der Waals surface area contributed by atoms with Gasteiger partial charge in [0, 0.05) is 36.3 Å². The van der Waals surface area contributed by atoms with Gasteiger partial charge in [-0.05, 0) is 48.5 Å². The third kappa shape index (κ3) is 4.03. The predicted molar refractivity (Wildman–Crippen MR) is 111 cm³/mol. The highest BCUT2D eigenvalue weighted by Gasteiger charge is 2.35. The van der Waals surface area contributed by atoms with Crippen molar-refractivity contribution >= 4 is 23.2 Å². The summed E-state index contributed by atoms with van der Waals surface area (Å²) in [5.74, 6) is 1.07. The van der Waals surface area contributed by atoms with Gasteiger partial charge in [-0.1, -0.05) is 6.92 Å². The first-order chi connectivity index (χ1) is 14.6. The van der Waals surface area contributed by atoms with Crippen LogP contribution in [0.5, 0.6) is 5.75 Å². The molecule has 0 aliphatic carbocycles. The van der Waals surface area contributed by atoms with Crippen molar-refractivity contribution in [2.75, 3.05) is 23.9 Å². The number of carbonyl (C=O) groups excluding carboxylic acids is 2. The molecule has 0 unspecified atom stereocenters. The van der Waals surface area contributed by atoms with Gasteiger partial charge in [0.05, 0.1) is 13.0 Å². The van der Waals surface area contributed by atoms with Crippen LogP contribution >= 0.6 is 0 Å². The summed E-state index contributed by atoms with van der Waals surface area (Å²) in [5.41, 5.74) is 2.18. The Morgan fingerprint density at radius 2 is 1.90 bits per heavy atom. The predicted octanol–water partition coefficient (Wildman–Crippen LogP) is 3.30. The molecule has 2 heterocycles. The summed E-state index contributed by atoms with van der Waals surface area (Å²) in [7, 11) is 1.59. The van der Waals surface area contributed by atoms with Gasteiger partial charge in [-0.15, -0.1) is 10.2 Å². The fourth-order valence-corrected chi connectivity index (χ4v) is 3.35. The standard InChI is InChI=1S/C22H22N4O4/c1-3-19-24-25-22(30-19)14-4-6-16(7-5-14)23-21(28)15-12-20(27)26(13-15)17-8-10-18(29-2)11-9-17/h4-11,15H,3,12-13H2,1-2H3,(H,23,28)/t15-/m0/s1. The van der Waals surface area contributed by atoms with E-state index in [0.717, 1.165) is 17.0 Å². The molecule has 1 aliphatic heterocycles. The lowest BCUT2D eigenvalue weighted by Crippen LogP contribution is -2.28. The van der Waals surface area contributed by atoms with E-state index in [0.29, 0.717) is 30.4 Å². The van der Waals surface area contributed by atoms with Crippen LogP contribution in [0, 0.1) is 5.92 Å². The second-order valence-electron chi connectivity index (χ2n) is 7.02. The van der Waals surface area contributed by atoms with E-state index < -0.39 is 5.92 Å². The van der Waals surface area contributed by atoms with E-state index in [-0.39, 0.29) is 18.2 Å². The molecule has 0 spiro atoms. The summed E-state index contributed by atoms with van der Waals surface area (Å²) < 4.78 is 10.7. The van der Waals surface area contributed by atoms with Crippen molar-refractivity contribution in [1.29, 1.82) is 0 Å². The maximum Gasteiger partial charge on any atom is 0.247 e. The normalized spacial score (nSPS) is 16.0. The maximum atomic E-state index is 12.7. The van der Waals surface area contributed by atoms with Crippen LogP contribution in [-0.4, -0.2) is 35.7 Å². The zero-order valence-corrected chi connectivity index (χ0v) is 16.8. The van der Waals surface area contributed by atoms with Crippen molar-refractivity contribution in [2.24, 2.45) is 5.92 Å². The molecule has 30 heavy (non-hydrogen) atoms.